The Bertz CT molecular complexity index is 641. The molecule has 0 radical (unpaired) electrons. The number of carbonyl (C=O) groups is 1. The topological polar surface area (TPSA) is 67.4 Å². The molecule has 2 aromatic rings. The number of hydrogen-bond donors (Lipinski definition) is 1. The zero-order valence-corrected chi connectivity index (χ0v) is 14.5. The fraction of sp³-hybridized carbons (Fsp3) is 0.389. The predicted octanol–water partition coefficient (Wildman–Crippen LogP) is 2.97. The zero-order chi connectivity index (χ0) is 17.4. The predicted molar refractivity (Wildman–Crippen MR) is 94.2 cm³/mol. The molecule has 24 heavy (non-hydrogen) atoms. The summed E-state index contributed by atoms with van der Waals surface area (Å²) < 4.78 is 5.13. The van der Waals surface area contributed by atoms with Crippen molar-refractivity contribution in [3.05, 3.63) is 47.7 Å². The van der Waals surface area contributed by atoms with E-state index >= 15 is 0 Å². The fourth-order valence-electron chi connectivity index (χ4n) is 2.17. The van der Waals surface area contributed by atoms with Crippen LogP contribution in [0.1, 0.15) is 35.8 Å². The molecule has 0 aliphatic rings. The van der Waals surface area contributed by atoms with Gasteiger partial charge in [-0.15, -0.1) is 10.2 Å². The molecular weight excluding hydrogens is 304 g/mol. The van der Waals surface area contributed by atoms with E-state index < -0.39 is 0 Å². The van der Waals surface area contributed by atoms with E-state index in [0.29, 0.717) is 18.1 Å². The second kappa shape index (κ2) is 8.86. The van der Waals surface area contributed by atoms with Crippen molar-refractivity contribution in [1.29, 1.82) is 0 Å². The molecule has 0 unspecified atom stereocenters. The van der Waals surface area contributed by atoms with Crippen molar-refractivity contribution in [2.45, 2.75) is 26.3 Å². The second-order valence-corrected chi connectivity index (χ2v) is 5.59. The minimum absolute atomic E-state index is 0.0994. The van der Waals surface area contributed by atoms with Crippen molar-refractivity contribution in [3.63, 3.8) is 0 Å². The van der Waals surface area contributed by atoms with E-state index in [-0.39, 0.29) is 5.91 Å². The van der Waals surface area contributed by atoms with E-state index in [1.165, 1.54) is 0 Å². The molecule has 1 heterocycles. The van der Waals surface area contributed by atoms with Gasteiger partial charge in [0.1, 0.15) is 11.6 Å². The molecule has 0 fully saturated rings. The molecule has 6 nitrogen and oxygen atoms in total. The lowest BCUT2D eigenvalue weighted by Crippen LogP contribution is -2.28. The number of hydrogen-bond acceptors (Lipinski definition) is 5. The van der Waals surface area contributed by atoms with Gasteiger partial charge in [0.25, 0.3) is 5.91 Å². The summed E-state index contributed by atoms with van der Waals surface area (Å²) in [7, 11) is 3.43. The van der Waals surface area contributed by atoms with Crippen LogP contribution in [0.4, 0.5) is 5.82 Å². The van der Waals surface area contributed by atoms with Crippen LogP contribution >= 0.6 is 0 Å². The van der Waals surface area contributed by atoms with Gasteiger partial charge in [0.15, 0.2) is 5.69 Å². The van der Waals surface area contributed by atoms with Crippen LogP contribution in [0.3, 0.4) is 0 Å². The Hall–Kier alpha value is -2.63. The minimum atomic E-state index is -0.0994. The van der Waals surface area contributed by atoms with Gasteiger partial charge in [-0.3, -0.25) is 4.79 Å². The van der Waals surface area contributed by atoms with Crippen LogP contribution in [0.15, 0.2) is 36.4 Å². The third-order valence-electron chi connectivity index (χ3n) is 3.71. The minimum Gasteiger partial charge on any atom is -0.497 e. The molecule has 0 saturated carbocycles. The molecule has 128 valence electrons. The van der Waals surface area contributed by atoms with Crippen LogP contribution in [-0.4, -0.2) is 41.7 Å². The maximum atomic E-state index is 12.2. The van der Waals surface area contributed by atoms with Gasteiger partial charge in [-0.25, -0.2) is 0 Å². The Morgan fingerprint density at radius 1 is 1.17 bits per heavy atom. The molecule has 2 rings (SSSR count). The Labute approximate surface area is 142 Å². The molecule has 1 amide bonds. The molecule has 0 spiro atoms. The molecule has 0 aliphatic heterocycles. The number of unbranched alkanes of at least 4 members (excludes halogenated alkanes) is 1. The Balaban J connectivity index is 1.90. The van der Waals surface area contributed by atoms with Crippen molar-refractivity contribution < 1.29 is 9.53 Å². The Morgan fingerprint density at radius 3 is 2.50 bits per heavy atom. The summed E-state index contributed by atoms with van der Waals surface area (Å²) in [6, 6.07) is 11.3. The number of ether oxygens (including phenoxy) is 1. The number of anilines is 1. The molecule has 0 atom stereocenters. The van der Waals surface area contributed by atoms with E-state index in [9.17, 15) is 4.79 Å². The van der Waals surface area contributed by atoms with E-state index in [1.807, 2.05) is 24.3 Å². The van der Waals surface area contributed by atoms with Gasteiger partial charge in [-0.05, 0) is 36.2 Å². The summed E-state index contributed by atoms with van der Waals surface area (Å²) >= 11 is 0. The fourth-order valence-corrected chi connectivity index (χ4v) is 2.17. The zero-order valence-electron chi connectivity index (χ0n) is 14.5. The summed E-state index contributed by atoms with van der Waals surface area (Å²) in [6.45, 7) is 3.46. The summed E-state index contributed by atoms with van der Waals surface area (Å²) in [5, 5.41) is 11.3. The lowest BCUT2D eigenvalue weighted by molar-refractivity contribution is 0.0786. The van der Waals surface area contributed by atoms with Crippen molar-refractivity contribution >= 4 is 11.7 Å². The highest BCUT2D eigenvalue weighted by Crippen LogP contribution is 2.12. The first kappa shape index (κ1) is 17.7. The van der Waals surface area contributed by atoms with Gasteiger partial charge in [-0.1, -0.05) is 25.5 Å². The number of methoxy groups -OCH3 is 1. The van der Waals surface area contributed by atoms with E-state index in [4.69, 9.17) is 4.74 Å². The van der Waals surface area contributed by atoms with Crippen LogP contribution in [0.5, 0.6) is 5.75 Å². The van der Waals surface area contributed by atoms with Gasteiger partial charge < -0.3 is 15.0 Å². The normalized spacial score (nSPS) is 10.3. The highest BCUT2D eigenvalue weighted by atomic mass is 16.5. The summed E-state index contributed by atoms with van der Waals surface area (Å²) in [5.74, 6) is 1.37. The summed E-state index contributed by atoms with van der Waals surface area (Å²) in [5.41, 5.74) is 1.47. The third-order valence-corrected chi connectivity index (χ3v) is 3.71. The lowest BCUT2D eigenvalue weighted by atomic mass is 10.2. The lowest BCUT2D eigenvalue weighted by Gasteiger charge is -2.15. The largest absolute Gasteiger partial charge is 0.497 e. The number of carbonyl (C=O) groups excluding carboxylic acids is 1. The highest BCUT2D eigenvalue weighted by Gasteiger charge is 2.13. The smallest absolute Gasteiger partial charge is 0.274 e. The van der Waals surface area contributed by atoms with Gasteiger partial charge in [0.2, 0.25) is 0 Å². The molecule has 0 saturated heterocycles. The number of nitrogens with one attached hydrogen (secondary N) is 1. The molecule has 1 aromatic heterocycles. The van der Waals surface area contributed by atoms with Gasteiger partial charge in [0.05, 0.1) is 7.11 Å². The van der Waals surface area contributed by atoms with Crippen molar-refractivity contribution in [3.8, 4) is 5.75 Å². The third kappa shape index (κ3) is 4.94. The van der Waals surface area contributed by atoms with Gasteiger partial charge in [-0.2, -0.15) is 0 Å². The maximum absolute atomic E-state index is 12.2. The summed E-state index contributed by atoms with van der Waals surface area (Å²) in [6.07, 6.45) is 2.04. The monoisotopic (exact) mass is 328 g/mol. The number of amides is 1. The average Bonchev–Trinajstić information content (AvgIpc) is 2.64. The maximum Gasteiger partial charge on any atom is 0.274 e. The van der Waals surface area contributed by atoms with Crippen LogP contribution < -0.4 is 10.1 Å². The Kier molecular flexibility index (Phi) is 6.54. The van der Waals surface area contributed by atoms with Crippen molar-refractivity contribution in [2.24, 2.45) is 0 Å². The molecule has 6 heteroatoms. The number of aromatic nitrogens is 2. The second-order valence-electron chi connectivity index (χ2n) is 5.59. The first-order valence-electron chi connectivity index (χ1n) is 8.10. The first-order valence-corrected chi connectivity index (χ1v) is 8.10. The number of benzene rings is 1. The summed E-state index contributed by atoms with van der Waals surface area (Å²) in [4.78, 5) is 13.9. The van der Waals surface area contributed by atoms with E-state index in [2.05, 4.69) is 22.4 Å². The van der Waals surface area contributed by atoms with Crippen LogP contribution in [0.25, 0.3) is 0 Å². The average molecular weight is 328 g/mol. The first-order chi connectivity index (χ1) is 11.6. The molecule has 1 aromatic carbocycles. The van der Waals surface area contributed by atoms with E-state index in [0.717, 1.165) is 30.7 Å². The van der Waals surface area contributed by atoms with Gasteiger partial charge in [0, 0.05) is 20.1 Å². The molecule has 1 N–H and O–H groups in total. The van der Waals surface area contributed by atoms with Gasteiger partial charge >= 0.3 is 0 Å². The standard InChI is InChI=1S/C18H24N4O2/c1-4-5-12-22(2)18(23)16-10-11-17(21-20-16)19-13-14-6-8-15(24-3)9-7-14/h6-11H,4-5,12-13H2,1-3H3,(H,19,21). The van der Waals surface area contributed by atoms with Crippen molar-refractivity contribution in [2.75, 3.05) is 26.0 Å². The Morgan fingerprint density at radius 2 is 1.92 bits per heavy atom. The SMILES string of the molecule is CCCCN(C)C(=O)c1ccc(NCc2ccc(OC)cc2)nn1. The van der Waals surface area contributed by atoms with Crippen LogP contribution in [0, 0.1) is 0 Å². The van der Waals surface area contributed by atoms with Crippen LogP contribution in [0.2, 0.25) is 0 Å². The quantitative estimate of drug-likeness (QED) is 0.807. The molecule has 0 bridgehead atoms. The van der Waals surface area contributed by atoms with Crippen molar-refractivity contribution in [1.82, 2.24) is 15.1 Å². The van der Waals surface area contributed by atoms with Crippen LogP contribution in [-0.2, 0) is 6.54 Å². The highest BCUT2D eigenvalue weighted by molar-refractivity contribution is 5.92. The number of rotatable bonds is 8. The number of nitrogens with zero attached hydrogens (tertiary/aromatic N) is 3. The van der Waals surface area contributed by atoms with E-state index in [1.54, 1.807) is 31.2 Å². The molecule has 0 aliphatic carbocycles. The molecular formula is C18H24N4O2.